The minimum Gasteiger partial charge on any atom is -0.457 e. The van der Waals surface area contributed by atoms with Crippen molar-refractivity contribution < 1.29 is 37.3 Å². The highest BCUT2D eigenvalue weighted by molar-refractivity contribution is 7.47. The Kier molecular flexibility index (Phi) is 42.1. The van der Waals surface area contributed by atoms with Crippen LogP contribution < -0.4 is 0 Å². The average Bonchev–Trinajstić information content (AvgIpc) is 3.20. The van der Waals surface area contributed by atoms with E-state index in [0.29, 0.717) is 24.1 Å². The fourth-order valence-electron chi connectivity index (χ4n) is 6.32. The van der Waals surface area contributed by atoms with E-state index in [9.17, 15) is 14.3 Å². The van der Waals surface area contributed by atoms with Gasteiger partial charge in [0.25, 0.3) is 0 Å². The van der Waals surface area contributed by atoms with Crippen LogP contribution in [0, 0.1) is 0 Å². The van der Waals surface area contributed by atoms with Crippen molar-refractivity contribution in [2.24, 2.45) is 0 Å². The van der Waals surface area contributed by atoms with Crippen LogP contribution >= 0.6 is 7.82 Å². The Balaban J connectivity index is 4.15. The Hall–Kier alpha value is -2.06. The van der Waals surface area contributed by atoms with E-state index in [4.69, 9.17) is 18.5 Å². The molecule has 2 atom stereocenters. The molecule has 0 spiro atoms. The second-order valence-electron chi connectivity index (χ2n) is 17.1. The Morgan fingerprint density at radius 1 is 0.533 bits per heavy atom. The van der Waals surface area contributed by atoms with Gasteiger partial charge < -0.3 is 18.9 Å². The smallest absolute Gasteiger partial charge is 0.457 e. The minimum atomic E-state index is -4.28. The van der Waals surface area contributed by atoms with E-state index >= 15 is 0 Å². The van der Waals surface area contributed by atoms with Gasteiger partial charge >= 0.3 is 13.8 Å². The van der Waals surface area contributed by atoms with Gasteiger partial charge in [0.05, 0.1) is 34.4 Å². The molecule has 0 rings (SSSR count). The molecule has 0 heterocycles. The lowest BCUT2D eigenvalue weighted by Crippen LogP contribution is -2.37. The molecule has 348 valence electrons. The van der Waals surface area contributed by atoms with Gasteiger partial charge in [-0.15, -0.1) is 0 Å². The van der Waals surface area contributed by atoms with Crippen LogP contribution in [0.15, 0.2) is 72.9 Å². The van der Waals surface area contributed by atoms with E-state index in [0.717, 1.165) is 77.0 Å². The summed E-state index contributed by atoms with van der Waals surface area (Å²) in [6, 6.07) is 0. The molecular formula is C51H93NO7P+. The van der Waals surface area contributed by atoms with E-state index in [1.807, 2.05) is 21.1 Å². The average molecular weight is 863 g/mol. The predicted octanol–water partition coefficient (Wildman–Crippen LogP) is 14.7. The minimum absolute atomic E-state index is 0.0840. The summed E-state index contributed by atoms with van der Waals surface area (Å²) >= 11 is 0. The quantitative estimate of drug-likeness (QED) is 0.0214. The van der Waals surface area contributed by atoms with Gasteiger partial charge in [-0.2, -0.15) is 0 Å². The molecule has 0 aliphatic heterocycles. The topological polar surface area (TPSA) is 91.3 Å². The number of hydrogen-bond acceptors (Lipinski definition) is 6. The maximum absolute atomic E-state index is 12.7. The van der Waals surface area contributed by atoms with Crippen molar-refractivity contribution in [1.82, 2.24) is 0 Å². The van der Waals surface area contributed by atoms with Crippen molar-refractivity contribution in [1.29, 1.82) is 0 Å². The van der Waals surface area contributed by atoms with Crippen molar-refractivity contribution in [2.45, 2.75) is 193 Å². The molecule has 9 heteroatoms. The number of hydrogen-bond donors (Lipinski definition) is 1. The standard InChI is InChI=1S/C51H92NO7P/c1-6-8-10-12-14-16-18-20-21-22-23-24-25-26-27-28-29-30-31-32-33-35-37-39-41-43-46-56-48-50(49-58-60(54,55)57-47-45-52(3,4)5)59-51(53)44-42-40-38-36-34-19-17-15-13-11-9-7-2/h8,10,14,16,20-21,23-24,26-27,29-30,50H,6-7,9,11-13,15,17-19,22,25,28,31-49H2,1-5H3/p+1/b10-8-,16-14-,21-20-,24-23-,27-26-,30-29-. The maximum atomic E-state index is 12.7. The molecular weight excluding hydrogens is 770 g/mol. The van der Waals surface area contributed by atoms with Crippen LogP contribution in [0.1, 0.15) is 187 Å². The number of allylic oxidation sites excluding steroid dienone is 12. The largest absolute Gasteiger partial charge is 0.472 e. The van der Waals surface area contributed by atoms with E-state index in [1.54, 1.807) is 0 Å². The zero-order valence-electron chi connectivity index (χ0n) is 39.4. The highest BCUT2D eigenvalue weighted by Crippen LogP contribution is 2.43. The lowest BCUT2D eigenvalue weighted by Gasteiger charge is -2.24. The molecule has 0 aromatic heterocycles. The number of rotatable bonds is 44. The molecule has 0 aliphatic carbocycles. The fourth-order valence-corrected chi connectivity index (χ4v) is 7.06. The second kappa shape index (κ2) is 43.6. The number of nitrogens with zero attached hydrogens (tertiary/aromatic N) is 1. The molecule has 60 heavy (non-hydrogen) atoms. The predicted molar refractivity (Wildman–Crippen MR) is 256 cm³/mol. The molecule has 0 saturated heterocycles. The van der Waals surface area contributed by atoms with Crippen molar-refractivity contribution in [2.75, 3.05) is 54.1 Å². The van der Waals surface area contributed by atoms with Crippen LogP contribution in [0.4, 0.5) is 0 Å². The first-order chi connectivity index (χ1) is 29.1. The van der Waals surface area contributed by atoms with Crippen LogP contribution in [0.25, 0.3) is 0 Å². The van der Waals surface area contributed by atoms with E-state index in [2.05, 4.69) is 86.8 Å². The Morgan fingerprint density at radius 3 is 1.45 bits per heavy atom. The van der Waals surface area contributed by atoms with Crippen LogP contribution in [-0.2, 0) is 27.9 Å². The van der Waals surface area contributed by atoms with Crippen LogP contribution in [0.3, 0.4) is 0 Å². The number of esters is 1. The molecule has 0 bridgehead atoms. The Labute approximate surface area is 370 Å². The fraction of sp³-hybridized carbons (Fsp3) is 0.745. The maximum Gasteiger partial charge on any atom is 0.472 e. The Bertz CT molecular complexity index is 1190. The van der Waals surface area contributed by atoms with Crippen molar-refractivity contribution in [3.63, 3.8) is 0 Å². The number of likely N-dealkylation sites (N-methyl/N-ethyl adjacent to an activating group) is 1. The molecule has 0 aromatic carbocycles. The molecule has 0 saturated carbocycles. The molecule has 0 amide bonds. The number of ether oxygens (including phenoxy) is 2. The van der Waals surface area contributed by atoms with Gasteiger partial charge in [-0.25, -0.2) is 4.57 Å². The molecule has 8 nitrogen and oxygen atoms in total. The van der Waals surface area contributed by atoms with Crippen molar-refractivity contribution >= 4 is 13.8 Å². The zero-order valence-corrected chi connectivity index (χ0v) is 40.3. The van der Waals surface area contributed by atoms with Gasteiger partial charge in [0.1, 0.15) is 19.3 Å². The number of unbranched alkanes of at least 4 members (excludes halogenated alkanes) is 18. The summed E-state index contributed by atoms with van der Waals surface area (Å²) in [4.78, 5) is 22.9. The first-order valence-electron chi connectivity index (χ1n) is 24.2. The molecule has 0 fully saturated rings. The van der Waals surface area contributed by atoms with Gasteiger partial charge in [0.2, 0.25) is 0 Å². The van der Waals surface area contributed by atoms with Gasteiger partial charge in [0.15, 0.2) is 0 Å². The van der Waals surface area contributed by atoms with E-state index in [-0.39, 0.29) is 25.8 Å². The second-order valence-corrected chi connectivity index (χ2v) is 18.6. The third-order valence-corrected chi connectivity index (χ3v) is 11.0. The summed E-state index contributed by atoms with van der Waals surface area (Å²) in [5, 5.41) is 0. The monoisotopic (exact) mass is 863 g/mol. The first-order valence-corrected chi connectivity index (χ1v) is 25.7. The third kappa shape index (κ3) is 47.0. The van der Waals surface area contributed by atoms with Crippen LogP contribution in [0.2, 0.25) is 0 Å². The lowest BCUT2D eigenvalue weighted by atomic mass is 10.0. The van der Waals surface area contributed by atoms with Gasteiger partial charge in [0, 0.05) is 13.0 Å². The van der Waals surface area contributed by atoms with E-state index < -0.39 is 13.9 Å². The summed E-state index contributed by atoms with van der Waals surface area (Å²) in [6.07, 6.45) is 56.6. The van der Waals surface area contributed by atoms with Gasteiger partial charge in [-0.1, -0.05) is 189 Å². The first kappa shape index (κ1) is 57.9. The summed E-state index contributed by atoms with van der Waals surface area (Å²) in [5.41, 5.74) is 0. The van der Waals surface area contributed by atoms with Crippen LogP contribution in [0.5, 0.6) is 0 Å². The van der Waals surface area contributed by atoms with Crippen molar-refractivity contribution in [3.05, 3.63) is 72.9 Å². The molecule has 2 unspecified atom stereocenters. The number of carbonyl (C=O) groups excluding carboxylic acids is 1. The lowest BCUT2D eigenvalue weighted by molar-refractivity contribution is -0.870. The highest BCUT2D eigenvalue weighted by atomic mass is 31.2. The molecule has 0 radical (unpaired) electrons. The Morgan fingerprint density at radius 2 is 0.967 bits per heavy atom. The highest BCUT2D eigenvalue weighted by Gasteiger charge is 2.26. The SMILES string of the molecule is CC/C=C\C/C=C\C/C=C\C/C=C\C/C=C\C/C=C\CCCCCCCCCOCC(COP(=O)(O)OCC[N+](C)(C)C)OC(=O)CCCCCCCCCCCCCC. The summed E-state index contributed by atoms with van der Waals surface area (Å²) in [5.74, 6) is -0.321. The summed E-state index contributed by atoms with van der Waals surface area (Å²) in [6.45, 7) is 5.47. The molecule has 1 N–H and O–H groups in total. The van der Waals surface area contributed by atoms with Gasteiger partial charge in [-0.3, -0.25) is 13.8 Å². The third-order valence-electron chi connectivity index (χ3n) is 10.0. The van der Waals surface area contributed by atoms with Crippen molar-refractivity contribution in [3.8, 4) is 0 Å². The number of quaternary nitrogens is 1. The molecule has 0 aromatic rings. The number of carbonyl (C=O) groups is 1. The summed E-state index contributed by atoms with van der Waals surface area (Å²) in [7, 11) is 1.65. The number of phosphoric ester groups is 1. The zero-order chi connectivity index (χ0) is 44.1. The number of phosphoric acid groups is 1. The molecule has 0 aliphatic rings. The van der Waals surface area contributed by atoms with E-state index in [1.165, 1.54) is 89.9 Å². The normalized spacial score (nSPS) is 14.3. The van der Waals surface area contributed by atoms with Gasteiger partial charge in [-0.05, 0) is 64.2 Å². The summed E-state index contributed by atoms with van der Waals surface area (Å²) < 4.78 is 35.0. The van der Waals surface area contributed by atoms with Crippen LogP contribution in [-0.4, -0.2) is 75.6 Å².